The van der Waals surface area contributed by atoms with Gasteiger partial charge in [-0.1, -0.05) is 24.8 Å². The molecule has 0 aliphatic heterocycles. The molecular formula is C17H22N2O. The summed E-state index contributed by atoms with van der Waals surface area (Å²) < 4.78 is 0. The van der Waals surface area contributed by atoms with Crippen LogP contribution in [0.3, 0.4) is 0 Å². The van der Waals surface area contributed by atoms with Gasteiger partial charge >= 0.3 is 0 Å². The minimum atomic E-state index is 0.0143. The van der Waals surface area contributed by atoms with E-state index >= 15 is 0 Å². The Labute approximate surface area is 120 Å². The number of nitrogens with two attached hydrogens (primary N) is 1. The molecule has 1 aromatic carbocycles. The Kier molecular flexibility index (Phi) is 4.46. The molecule has 1 amide bonds. The van der Waals surface area contributed by atoms with Crippen LogP contribution in [0.4, 0.5) is 0 Å². The van der Waals surface area contributed by atoms with Crippen molar-refractivity contribution in [1.29, 1.82) is 0 Å². The summed E-state index contributed by atoms with van der Waals surface area (Å²) in [5, 5.41) is 3.21. The highest BCUT2D eigenvalue weighted by molar-refractivity contribution is 5.96. The summed E-state index contributed by atoms with van der Waals surface area (Å²) in [5.41, 5.74) is 7.94. The van der Waals surface area contributed by atoms with Gasteiger partial charge < -0.3 is 11.1 Å². The van der Waals surface area contributed by atoms with Gasteiger partial charge in [0.1, 0.15) is 0 Å². The predicted molar refractivity (Wildman–Crippen MR) is 81.5 cm³/mol. The molecule has 0 spiro atoms. The molecule has 3 N–H and O–H groups in total. The monoisotopic (exact) mass is 270 g/mol. The van der Waals surface area contributed by atoms with Crippen LogP contribution < -0.4 is 11.1 Å². The smallest absolute Gasteiger partial charge is 0.252 e. The maximum Gasteiger partial charge on any atom is 0.252 e. The summed E-state index contributed by atoms with van der Waals surface area (Å²) >= 11 is 0. The molecule has 1 aliphatic rings. The first kappa shape index (κ1) is 14.6. The number of carbonyl (C=O) groups excluding carboxylic acids is 1. The Bertz CT molecular complexity index is 557. The van der Waals surface area contributed by atoms with Gasteiger partial charge in [0.15, 0.2) is 0 Å². The van der Waals surface area contributed by atoms with Crippen molar-refractivity contribution in [2.45, 2.75) is 45.1 Å². The highest BCUT2D eigenvalue weighted by atomic mass is 16.1. The van der Waals surface area contributed by atoms with Crippen molar-refractivity contribution in [3.8, 4) is 11.8 Å². The lowest BCUT2D eigenvalue weighted by atomic mass is 9.74. The van der Waals surface area contributed by atoms with E-state index in [9.17, 15) is 4.79 Å². The molecule has 0 atom stereocenters. The third-order valence-corrected chi connectivity index (χ3v) is 4.27. The molecule has 0 unspecified atom stereocenters. The van der Waals surface area contributed by atoms with Crippen LogP contribution in [0.2, 0.25) is 0 Å². The van der Waals surface area contributed by atoms with Gasteiger partial charge in [-0.05, 0) is 50.3 Å². The number of benzene rings is 1. The zero-order chi connectivity index (χ0) is 14.6. The van der Waals surface area contributed by atoms with E-state index in [0.29, 0.717) is 12.1 Å². The lowest BCUT2D eigenvalue weighted by Gasteiger charge is -2.42. The number of hydrogen-bond acceptors (Lipinski definition) is 2. The predicted octanol–water partition coefficient (Wildman–Crippen LogP) is 2.37. The first-order valence-electron chi connectivity index (χ1n) is 7.23. The SMILES string of the molecule is CCC1(NC(=O)c2cccc(C#CCN)c2C)CCC1. The van der Waals surface area contributed by atoms with Crippen LogP contribution in [-0.2, 0) is 0 Å². The molecule has 0 aromatic heterocycles. The molecule has 3 nitrogen and oxygen atoms in total. The van der Waals surface area contributed by atoms with Crippen LogP contribution in [0.5, 0.6) is 0 Å². The zero-order valence-corrected chi connectivity index (χ0v) is 12.3. The minimum Gasteiger partial charge on any atom is -0.347 e. The molecule has 1 aromatic rings. The highest BCUT2D eigenvalue weighted by Gasteiger charge is 2.36. The van der Waals surface area contributed by atoms with Crippen molar-refractivity contribution in [3.63, 3.8) is 0 Å². The van der Waals surface area contributed by atoms with Crippen molar-refractivity contribution < 1.29 is 4.79 Å². The van der Waals surface area contributed by atoms with Gasteiger partial charge in [0.2, 0.25) is 0 Å². The Hall–Kier alpha value is -1.79. The van der Waals surface area contributed by atoms with Gasteiger partial charge in [-0.25, -0.2) is 0 Å². The van der Waals surface area contributed by atoms with Crippen molar-refractivity contribution in [3.05, 3.63) is 34.9 Å². The van der Waals surface area contributed by atoms with Crippen LogP contribution in [0, 0.1) is 18.8 Å². The Balaban J connectivity index is 2.22. The third-order valence-electron chi connectivity index (χ3n) is 4.27. The Morgan fingerprint density at radius 1 is 1.45 bits per heavy atom. The number of rotatable bonds is 3. The molecule has 0 saturated heterocycles. The molecule has 0 bridgehead atoms. The average Bonchev–Trinajstić information content (AvgIpc) is 2.41. The summed E-state index contributed by atoms with van der Waals surface area (Å²) in [7, 11) is 0. The lowest BCUT2D eigenvalue weighted by molar-refractivity contribution is 0.0820. The van der Waals surface area contributed by atoms with E-state index in [1.54, 1.807) is 0 Å². The highest BCUT2D eigenvalue weighted by Crippen LogP contribution is 2.35. The van der Waals surface area contributed by atoms with Gasteiger partial charge in [-0.3, -0.25) is 4.79 Å². The van der Waals surface area contributed by atoms with Crippen molar-refractivity contribution in [2.75, 3.05) is 6.54 Å². The summed E-state index contributed by atoms with van der Waals surface area (Å²) in [6.45, 7) is 4.40. The topological polar surface area (TPSA) is 55.1 Å². The summed E-state index contributed by atoms with van der Waals surface area (Å²) in [6.07, 6.45) is 4.36. The van der Waals surface area contributed by atoms with Gasteiger partial charge in [0.05, 0.1) is 6.54 Å². The number of carbonyl (C=O) groups is 1. The van der Waals surface area contributed by atoms with Gasteiger partial charge in [0.25, 0.3) is 5.91 Å². The van der Waals surface area contributed by atoms with Crippen molar-refractivity contribution in [2.24, 2.45) is 5.73 Å². The van der Waals surface area contributed by atoms with E-state index in [-0.39, 0.29) is 11.4 Å². The fraction of sp³-hybridized carbons (Fsp3) is 0.471. The summed E-state index contributed by atoms with van der Waals surface area (Å²) in [4.78, 5) is 12.5. The molecule has 1 fully saturated rings. The molecule has 0 radical (unpaired) electrons. The van der Waals surface area contributed by atoms with Crippen LogP contribution in [-0.4, -0.2) is 18.0 Å². The fourth-order valence-corrected chi connectivity index (χ4v) is 2.64. The largest absolute Gasteiger partial charge is 0.347 e. The maximum absolute atomic E-state index is 12.5. The minimum absolute atomic E-state index is 0.0143. The Morgan fingerprint density at radius 3 is 2.75 bits per heavy atom. The quantitative estimate of drug-likeness (QED) is 0.828. The second-order valence-electron chi connectivity index (χ2n) is 5.43. The van der Waals surface area contributed by atoms with E-state index in [0.717, 1.165) is 30.4 Å². The molecule has 0 heterocycles. The molecule has 2 rings (SSSR count). The second kappa shape index (κ2) is 6.11. The second-order valence-corrected chi connectivity index (χ2v) is 5.43. The zero-order valence-electron chi connectivity index (χ0n) is 12.3. The third kappa shape index (κ3) is 2.86. The molecule has 1 saturated carbocycles. The van der Waals surface area contributed by atoms with E-state index in [4.69, 9.17) is 5.73 Å². The summed E-state index contributed by atoms with van der Waals surface area (Å²) in [5.74, 6) is 5.87. The normalized spacial score (nSPS) is 15.8. The number of amides is 1. The van der Waals surface area contributed by atoms with Crippen LogP contribution in [0.25, 0.3) is 0 Å². The molecule has 3 heteroatoms. The van der Waals surface area contributed by atoms with E-state index < -0.39 is 0 Å². The van der Waals surface area contributed by atoms with Gasteiger partial charge in [-0.2, -0.15) is 0 Å². The van der Waals surface area contributed by atoms with E-state index in [1.165, 1.54) is 6.42 Å². The maximum atomic E-state index is 12.5. The molecule has 106 valence electrons. The average molecular weight is 270 g/mol. The standard InChI is InChI=1S/C17H22N2O/c1-3-17(10-6-11-17)19-16(20)15-9-4-7-14(13(15)2)8-5-12-18/h4,7,9H,3,6,10-12,18H2,1-2H3,(H,19,20). The fourth-order valence-electron chi connectivity index (χ4n) is 2.64. The molecule has 1 aliphatic carbocycles. The van der Waals surface area contributed by atoms with Crippen LogP contribution >= 0.6 is 0 Å². The van der Waals surface area contributed by atoms with Crippen LogP contribution in [0.1, 0.15) is 54.1 Å². The number of hydrogen-bond donors (Lipinski definition) is 2. The molecule has 20 heavy (non-hydrogen) atoms. The number of nitrogens with one attached hydrogen (secondary N) is 1. The van der Waals surface area contributed by atoms with E-state index in [1.807, 2.05) is 25.1 Å². The van der Waals surface area contributed by atoms with Crippen molar-refractivity contribution >= 4 is 5.91 Å². The van der Waals surface area contributed by atoms with Gasteiger partial charge in [-0.15, -0.1) is 0 Å². The Morgan fingerprint density at radius 2 is 2.20 bits per heavy atom. The lowest BCUT2D eigenvalue weighted by Crippen LogP contribution is -2.53. The van der Waals surface area contributed by atoms with Gasteiger partial charge in [0, 0.05) is 16.7 Å². The van der Waals surface area contributed by atoms with E-state index in [2.05, 4.69) is 24.1 Å². The first-order chi connectivity index (χ1) is 9.62. The summed E-state index contributed by atoms with van der Waals surface area (Å²) in [6, 6.07) is 5.66. The van der Waals surface area contributed by atoms with Crippen LogP contribution in [0.15, 0.2) is 18.2 Å². The first-order valence-corrected chi connectivity index (χ1v) is 7.23. The molecular weight excluding hydrogens is 248 g/mol. The van der Waals surface area contributed by atoms with Crippen molar-refractivity contribution in [1.82, 2.24) is 5.32 Å².